The van der Waals surface area contributed by atoms with E-state index in [1.165, 1.54) is 0 Å². The zero-order chi connectivity index (χ0) is 14.5. The van der Waals surface area contributed by atoms with Crippen LogP contribution in [0.4, 0.5) is 10.1 Å². The third kappa shape index (κ3) is 3.17. The molecule has 0 spiro atoms. The number of hydrogen-bond acceptors (Lipinski definition) is 4. The van der Waals surface area contributed by atoms with Crippen LogP contribution < -0.4 is 15.2 Å². The maximum atomic E-state index is 13.9. The number of nitrogen functional groups attached to an aromatic ring is 1. The van der Waals surface area contributed by atoms with E-state index in [4.69, 9.17) is 15.2 Å². The molecule has 0 fully saturated rings. The number of hydrogen-bond donors (Lipinski definition) is 1. The van der Waals surface area contributed by atoms with Crippen LogP contribution in [0.5, 0.6) is 17.5 Å². The molecule has 20 heavy (non-hydrogen) atoms. The van der Waals surface area contributed by atoms with Crippen LogP contribution in [0.25, 0.3) is 0 Å². The SMILES string of the molecule is CCCOc1nc(Oc2cccc(C)c2F)ccc1N. The Morgan fingerprint density at radius 3 is 2.80 bits per heavy atom. The quantitative estimate of drug-likeness (QED) is 0.904. The van der Waals surface area contributed by atoms with Crippen molar-refractivity contribution >= 4 is 5.69 Å². The van der Waals surface area contributed by atoms with Gasteiger partial charge in [-0.3, -0.25) is 0 Å². The van der Waals surface area contributed by atoms with E-state index in [0.29, 0.717) is 23.7 Å². The van der Waals surface area contributed by atoms with Gasteiger partial charge in [-0.05, 0) is 31.0 Å². The van der Waals surface area contributed by atoms with Gasteiger partial charge in [0.25, 0.3) is 0 Å². The van der Waals surface area contributed by atoms with Gasteiger partial charge in [-0.2, -0.15) is 4.98 Å². The number of nitrogens with two attached hydrogens (primary N) is 1. The predicted octanol–water partition coefficient (Wildman–Crippen LogP) is 3.69. The van der Waals surface area contributed by atoms with E-state index in [1.54, 1.807) is 37.3 Å². The largest absolute Gasteiger partial charge is 0.476 e. The Balaban J connectivity index is 2.23. The first kappa shape index (κ1) is 14.1. The van der Waals surface area contributed by atoms with Crippen LogP contribution in [0, 0.1) is 12.7 Å². The highest BCUT2D eigenvalue weighted by atomic mass is 19.1. The monoisotopic (exact) mass is 276 g/mol. The lowest BCUT2D eigenvalue weighted by atomic mass is 10.2. The number of pyridine rings is 1. The Labute approximate surface area is 117 Å². The van der Waals surface area contributed by atoms with E-state index < -0.39 is 5.82 Å². The summed E-state index contributed by atoms with van der Waals surface area (Å²) < 4.78 is 24.7. The second-order valence-corrected chi connectivity index (χ2v) is 4.38. The van der Waals surface area contributed by atoms with Crippen molar-refractivity contribution in [2.45, 2.75) is 20.3 Å². The predicted molar refractivity (Wildman–Crippen MR) is 75.6 cm³/mol. The fraction of sp³-hybridized carbons (Fsp3) is 0.267. The fourth-order valence-electron chi connectivity index (χ4n) is 1.62. The molecule has 0 radical (unpaired) electrons. The van der Waals surface area contributed by atoms with E-state index in [0.717, 1.165) is 6.42 Å². The Bertz CT molecular complexity index is 602. The van der Waals surface area contributed by atoms with Crippen molar-refractivity contribution in [1.82, 2.24) is 4.98 Å². The number of anilines is 1. The Morgan fingerprint density at radius 1 is 1.25 bits per heavy atom. The standard InChI is InChI=1S/C15H17FN2O2/c1-3-9-19-15-11(17)7-8-13(18-15)20-12-6-4-5-10(2)14(12)16/h4-8H,3,9,17H2,1-2H3. The molecule has 0 unspecified atom stereocenters. The third-order valence-corrected chi connectivity index (χ3v) is 2.68. The molecule has 0 saturated heterocycles. The smallest absolute Gasteiger partial charge is 0.240 e. The summed E-state index contributed by atoms with van der Waals surface area (Å²) in [6, 6.07) is 8.15. The lowest BCUT2D eigenvalue weighted by Gasteiger charge is -2.10. The van der Waals surface area contributed by atoms with Gasteiger partial charge in [0.15, 0.2) is 11.6 Å². The minimum atomic E-state index is -0.401. The van der Waals surface area contributed by atoms with Crippen molar-refractivity contribution in [3.8, 4) is 17.5 Å². The van der Waals surface area contributed by atoms with Crippen molar-refractivity contribution in [3.05, 3.63) is 41.7 Å². The van der Waals surface area contributed by atoms with E-state index in [2.05, 4.69) is 4.98 Å². The summed E-state index contributed by atoms with van der Waals surface area (Å²) >= 11 is 0. The molecule has 1 aromatic heterocycles. The van der Waals surface area contributed by atoms with Gasteiger partial charge < -0.3 is 15.2 Å². The molecule has 0 aliphatic carbocycles. The molecule has 2 aromatic rings. The van der Waals surface area contributed by atoms with Crippen molar-refractivity contribution in [3.63, 3.8) is 0 Å². The molecular weight excluding hydrogens is 259 g/mol. The second-order valence-electron chi connectivity index (χ2n) is 4.38. The van der Waals surface area contributed by atoms with Gasteiger partial charge in [0.1, 0.15) is 0 Å². The van der Waals surface area contributed by atoms with Crippen LogP contribution >= 0.6 is 0 Å². The molecular formula is C15H17FN2O2. The normalized spacial score (nSPS) is 10.3. The van der Waals surface area contributed by atoms with Crippen molar-refractivity contribution in [2.75, 3.05) is 12.3 Å². The van der Waals surface area contributed by atoms with Crippen LogP contribution in [-0.4, -0.2) is 11.6 Å². The van der Waals surface area contributed by atoms with E-state index >= 15 is 0 Å². The first-order chi connectivity index (χ1) is 9.61. The molecule has 0 amide bonds. The first-order valence-electron chi connectivity index (χ1n) is 6.44. The zero-order valence-corrected chi connectivity index (χ0v) is 11.5. The maximum Gasteiger partial charge on any atom is 0.240 e. The summed E-state index contributed by atoms with van der Waals surface area (Å²) in [5.41, 5.74) is 6.70. The molecule has 5 heteroatoms. The number of rotatable bonds is 5. The highest BCUT2D eigenvalue weighted by molar-refractivity contribution is 5.49. The Hall–Kier alpha value is -2.30. The van der Waals surface area contributed by atoms with Crippen LogP contribution in [-0.2, 0) is 0 Å². The van der Waals surface area contributed by atoms with Gasteiger partial charge in [0, 0.05) is 6.07 Å². The summed E-state index contributed by atoms with van der Waals surface area (Å²) in [6.45, 7) is 4.17. The summed E-state index contributed by atoms with van der Waals surface area (Å²) in [7, 11) is 0. The minimum Gasteiger partial charge on any atom is -0.476 e. The number of aromatic nitrogens is 1. The third-order valence-electron chi connectivity index (χ3n) is 2.68. The van der Waals surface area contributed by atoms with Gasteiger partial charge >= 0.3 is 0 Å². The first-order valence-corrected chi connectivity index (χ1v) is 6.44. The van der Waals surface area contributed by atoms with Gasteiger partial charge in [-0.1, -0.05) is 19.1 Å². The molecule has 2 N–H and O–H groups in total. The number of halogens is 1. The van der Waals surface area contributed by atoms with Crippen LogP contribution in [0.15, 0.2) is 30.3 Å². The lowest BCUT2D eigenvalue weighted by Crippen LogP contribution is -2.02. The molecule has 0 aliphatic heterocycles. The van der Waals surface area contributed by atoms with Gasteiger partial charge in [0.2, 0.25) is 11.8 Å². The number of benzene rings is 1. The molecule has 0 atom stereocenters. The average molecular weight is 276 g/mol. The second kappa shape index (κ2) is 6.23. The maximum absolute atomic E-state index is 13.9. The Morgan fingerprint density at radius 2 is 2.05 bits per heavy atom. The number of ether oxygens (including phenoxy) is 2. The van der Waals surface area contributed by atoms with Crippen LogP contribution in [0.1, 0.15) is 18.9 Å². The molecule has 0 aliphatic rings. The molecule has 1 heterocycles. The molecule has 0 saturated carbocycles. The van der Waals surface area contributed by atoms with Crippen molar-refractivity contribution < 1.29 is 13.9 Å². The summed E-state index contributed by atoms with van der Waals surface area (Å²) in [5.74, 6) is 0.276. The van der Waals surface area contributed by atoms with E-state index in [1.807, 2.05) is 6.92 Å². The fourth-order valence-corrected chi connectivity index (χ4v) is 1.62. The van der Waals surface area contributed by atoms with Crippen LogP contribution in [0.2, 0.25) is 0 Å². The summed E-state index contributed by atoms with van der Waals surface area (Å²) in [5, 5.41) is 0. The molecule has 106 valence electrons. The zero-order valence-electron chi connectivity index (χ0n) is 11.5. The van der Waals surface area contributed by atoms with Gasteiger partial charge in [-0.25, -0.2) is 4.39 Å². The van der Waals surface area contributed by atoms with Gasteiger partial charge in [-0.15, -0.1) is 0 Å². The Kier molecular flexibility index (Phi) is 4.40. The van der Waals surface area contributed by atoms with E-state index in [-0.39, 0.29) is 11.6 Å². The molecule has 0 bridgehead atoms. The van der Waals surface area contributed by atoms with E-state index in [9.17, 15) is 4.39 Å². The highest BCUT2D eigenvalue weighted by Crippen LogP contribution is 2.28. The summed E-state index contributed by atoms with van der Waals surface area (Å²) in [4.78, 5) is 4.14. The minimum absolute atomic E-state index is 0.128. The molecule has 2 rings (SSSR count). The van der Waals surface area contributed by atoms with Crippen molar-refractivity contribution in [1.29, 1.82) is 0 Å². The number of nitrogens with zero attached hydrogens (tertiary/aromatic N) is 1. The highest BCUT2D eigenvalue weighted by Gasteiger charge is 2.10. The topological polar surface area (TPSA) is 57.4 Å². The lowest BCUT2D eigenvalue weighted by molar-refractivity contribution is 0.302. The van der Waals surface area contributed by atoms with Crippen LogP contribution in [0.3, 0.4) is 0 Å². The average Bonchev–Trinajstić information content (AvgIpc) is 2.44. The molecule has 4 nitrogen and oxygen atoms in total. The summed E-state index contributed by atoms with van der Waals surface area (Å²) in [6.07, 6.45) is 0.846. The van der Waals surface area contributed by atoms with Crippen molar-refractivity contribution in [2.24, 2.45) is 0 Å². The molecule has 1 aromatic carbocycles. The van der Waals surface area contributed by atoms with Gasteiger partial charge in [0.05, 0.1) is 12.3 Å². The number of aryl methyl sites for hydroxylation is 1.